The molecule has 1 aromatic heterocycles. The molecule has 0 aliphatic heterocycles. The van der Waals surface area contributed by atoms with Crippen LogP contribution in [0, 0.1) is 5.92 Å². The van der Waals surface area contributed by atoms with E-state index in [4.69, 9.17) is 9.15 Å². The highest BCUT2D eigenvalue weighted by Gasteiger charge is 2.24. The highest BCUT2D eigenvalue weighted by atomic mass is 16.5. The van der Waals surface area contributed by atoms with Gasteiger partial charge in [-0.3, -0.25) is 9.59 Å². The third-order valence-corrected chi connectivity index (χ3v) is 3.95. The number of carbonyl (C=O) groups excluding carboxylic acids is 2. The minimum Gasteiger partial charge on any atom is -0.464 e. The topological polar surface area (TPSA) is 71.8 Å². The fraction of sp³-hybridized carbons (Fsp3) is 0.444. The van der Waals surface area contributed by atoms with Crippen molar-refractivity contribution >= 4 is 22.8 Å². The van der Waals surface area contributed by atoms with E-state index >= 15 is 0 Å². The first-order valence-electron chi connectivity index (χ1n) is 8.13. The number of hydrogen-bond acceptors (Lipinski definition) is 5. The molecule has 0 radical (unpaired) electrons. The van der Waals surface area contributed by atoms with Crippen molar-refractivity contribution < 1.29 is 18.7 Å². The molecule has 1 heterocycles. The summed E-state index contributed by atoms with van der Waals surface area (Å²) >= 11 is 0. The van der Waals surface area contributed by atoms with Gasteiger partial charge in [-0.1, -0.05) is 18.2 Å². The SMILES string of the molecule is CN(C)Cc1c(C(=O)NCC(=O)OCC2CC2)oc2ccccc12. The van der Waals surface area contributed by atoms with Crippen LogP contribution in [-0.4, -0.2) is 44.0 Å². The molecule has 0 atom stereocenters. The number of furan rings is 1. The molecular weight excluding hydrogens is 308 g/mol. The van der Waals surface area contributed by atoms with Crippen LogP contribution in [0.3, 0.4) is 0 Å². The average Bonchev–Trinajstić information content (AvgIpc) is 3.32. The molecule has 1 aliphatic rings. The monoisotopic (exact) mass is 330 g/mol. The number of benzene rings is 1. The van der Waals surface area contributed by atoms with Crippen LogP contribution >= 0.6 is 0 Å². The Balaban J connectivity index is 1.69. The molecule has 1 aliphatic carbocycles. The number of nitrogens with one attached hydrogen (secondary N) is 1. The van der Waals surface area contributed by atoms with Crippen LogP contribution in [0.5, 0.6) is 0 Å². The van der Waals surface area contributed by atoms with Crippen molar-refractivity contribution in [3.05, 3.63) is 35.6 Å². The Bertz CT molecular complexity index is 747. The van der Waals surface area contributed by atoms with Gasteiger partial charge in [-0.15, -0.1) is 0 Å². The van der Waals surface area contributed by atoms with Crippen LogP contribution in [0.25, 0.3) is 11.0 Å². The van der Waals surface area contributed by atoms with Gasteiger partial charge in [0.15, 0.2) is 5.76 Å². The van der Waals surface area contributed by atoms with Gasteiger partial charge in [-0.25, -0.2) is 0 Å². The Morgan fingerprint density at radius 1 is 1.29 bits per heavy atom. The normalized spacial score (nSPS) is 14.1. The first-order valence-corrected chi connectivity index (χ1v) is 8.13. The molecule has 1 aromatic carbocycles. The van der Waals surface area contributed by atoms with Gasteiger partial charge in [0.2, 0.25) is 0 Å². The summed E-state index contributed by atoms with van der Waals surface area (Å²) in [5.41, 5.74) is 1.48. The molecule has 1 fully saturated rings. The van der Waals surface area contributed by atoms with Crippen molar-refractivity contribution in [3.63, 3.8) is 0 Å². The second kappa shape index (κ2) is 7.05. The first-order chi connectivity index (χ1) is 11.5. The van der Waals surface area contributed by atoms with E-state index in [-0.39, 0.29) is 12.3 Å². The summed E-state index contributed by atoms with van der Waals surface area (Å²) in [5, 5.41) is 3.50. The Labute approximate surface area is 140 Å². The maximum Gasteiger partial charge on any atom is 0.325 e. The van der Waals surface area contributed by atoms with Crippen molar-refractivity contribution in [2.24, 2.45) is 5.92 Å². The van der Waals surface area contributed by atoms with E-state index in [9.17, 15) is 9.59 Å². The van der Waals surface area contributed by atoms with Crippen LogP contribution in [-0.2, 0) is 16.1 Å². The van der Waals surface area contributed by atoms with Gasteiger partial charge in [0.05, 0.1) is 6.61 Å². The predicted molar refractivity (Wildman–Crippen MR) is 89.6 cm³/mol. The highest BCUT2D eigenvalue weighted by Crippen LogP contribution is 2.29. The molecule has 1 saturated carbocycles. The maximum atomic E-state index is 12.4. The number of amides is 1. The Morgan fingerprint density at radius 2 is 2.04 bits per heavy atom. The van der Waals surface area contributed by atoms with E-state index in [2.05, 4.69) is 5.32 Å². The number of hydrogen-bond donors (Lipinski definition) is 1. The second-order valence-electron chi connectivity index (χ2n) is 6.45. The molecule has 2 aromatic rings. The lowest BCUT2D eigenvalue weighted by Gasteiger charge is -2.10. The molecule has 0 bridgehead atoms. The third-order valence-electron chi connectivity index (χ3n) is 3.95. The van der Waals surface area contributed by atoms with Crippen molar-refractivity contribution in [1.82, 2.24) is 10.2 Å². The molecule has 0 spiro atoms. The van der Waals surface area contributed by atoms with Gasteiger partial charge in [0.25, 0.3) is 5.91 Å². The minimum atomic E-state index is -0.416. The summed E-state index contributed by atoms with van der Waals surface area (Å²) in [7, 11) is 3.86. The van der Waals surface area contributed by atoms with Gasteiger partial charge in [-0.05, 0) is 38.9 Å². The second-order valence-corrected chi connectivity index (χ2v) is 6.45. The Morgan fingerprint density at radius 3 is 2.75 bits per heavy atom. The summed E-state index contributed by atoms with van der Waals surface area (Å²) in [6.07, 6.45) is 2.24. The third kappa shape index (κ3) is 3.94. The zero-order valence-electron chi connectivity index (χ0n) is 14.0. The quantitative estimate of drug-likeness (QED) is 0.788. The standard InChI is InChI=1S/C18H22N2O4/c1-20(2)10-14-13-5-3-4-6-15(13)24-17(14)18(22)19-9-16(21)23-11-12-7-8-12/h3-6,12H,7-11H2,1-2H3,(H,19,22). The molecule has 3 rings (SSSR count). The summed E-state index contributed by atoms with van der Waals surface area (Å²) < 4.78 is 10.8. The molecular formula is C18H22N2O4. The highest BCUT2D eigenvalue weighted by molar-refractivity contribution is 6.00. The van der Waals surface area contributed by atoms with Crippen LogP contribution in [0.15, 0.2) is 28.7 Å². The Kier molecular flexibility index (Phi) is 4.85. The lowest BCUT2D eigenvalue weighted by Crippen LogP contribution is -2.31. The predicted octanol–water partition coefficient (Wildman–Crippen LogP) is 2.18. The molecule has 1 amide bonds. The van der Waals surface area contributed by atoms with Crippen molar-refractivity contribution in [1.29, 1.82) is 0 Å². The number of para-hydroxylation sites is 1. The number of carbonyl (C=O) groups is 2. The van der Waals surface area contributed by atoms with E-state index in [1.807, 2.05) is 43.3 Å². The molecule has 128 valence electrons. The van der Waals surface area contributed by atoms with Crippen molar-refractivity contribution in [2.75, 3.05) is 27.2 Å². The summed E-state index contributed by atoms with van der Waals surface area (Å²) in [6.45, 7) is 0.876. The van der Waals surface area contributed by atoms with Crippen LogP contribution in [0.2, 0.25) is 0 Å². The summed E-state index contributed by atoms with van der Waals surface area (Å²) in [6, 6.07) is 7.53. The van der Waals surface area contributed by atoms with Crippen LogP contribution in [0.4, 0.5) is 0 Å². The number of esters is 1. The van der Waals surface area contributed by atoms with Crippen LogP contribution in [0.1, 0.15) is 29.0 Å². The molecule has 24 heavy (non-hydrogen) atoms. The molecule has 0 unspecified atom stereocenters. The lowest BCUT2D eigenvalue weighted by atomic mass is 10.1. The fourth-order valence-corrected chi connectivity index (χ4v) is 2.53. The first kappa shape index (κ1) is 16.5. The number of fused-ring (bicyclic) bond motifs is 1. The fourth-order valence-electron chi connectivity index (χ4n) is 2.53. The van der Waals surface area contributed by atoms with E-state index in [1.165, 1.54) is 0 Å². The zero-order chi connectivity index (χ0) is 17.1. The molecule has 6 nitrogen and oxygen atoms in total. The lowest BCUT2D eigenvalue weighted by molar-refractivity contribution is -0.142. The Hall–Kier alpha value is -2.34. The molecule has 6 heteroatoms. The molecule has 0 saturated heterocycles. The van der Waals surface area contributed by atoms with Crippen molar-refractivity contribution in [2.45, 2.75) is 19.4 Å². The number of rotatable bonds is 7. The van der Waals surface area contributed by atoms with Gasteiger partial charge in [0.1, 0.15) is 12.1 Å². The number of nitrogens with zero attached hydrogens (tertiary/aromatic N) is 1. The summed E-state index contributed by atoms with van der Waals surface area (Å²) in [5.74, 6) is -0.0569. The van der Waals surface area contributed by atoms with Gasteiger partial charge in [0, 0.05) is 17.5 Å². The maximum absolute atomic E-state index is 12.4. The average molecular weight is 330 g/mol. The van der Waals surface area contributed by atoms with E-state index in [0.29, 0.717) is 24.7 Å². The minimum absolute atomic E-state index is 0.149. The van der Waals surface area contributed by atoms with Gasteiger partial charge in [-0.2, -0.15) is 0 Å². The summed E-state index contributed by atoms with van der Waals surface area (Å²) in [4.78, 5) is 26.1. The largest absolute Gasteiger partial charge is 0.464 e. The van der Waals surface area contributed by atoms with E-state index in [0.717, 1.165) is 23.8 Å². The smallest absolute Gasteiger partial charge is 0.325 e. The van der Waals surface area contributed by atoms with E-state index < -0.39 is 11.9 Å². The zero-order valence-corrected chi connectivity index (χ0v) is 14.0. The molecule has 1 N–H and O–H groups in total. The number of ether oxygens (including phenoxy) is 1. The van der Waals surface area contributed by atoms with E-state index in [1.54, 1.807) is 0 Å². The van der Waals surface area contributed by atoms with Crippen LogP contribution < -0.4 is 5.32 Å². The van der Waals surface area contributed by atoms with Crippen molar-refractivity contribution in [3.8, 4) is 0 Å². The van der Waals surface area contributed by atoms with Gasteiger partial charge >= 0.3 is 5.97 Å². The van der Waals surface area contributed by atoms with Gasteiger partial charge < -0.3 is 19.4 Å².